The van der Waals surface area contributed by atoms with Crippen LogP contribution in [0.1, 0.15) is 51.0 Å². The smallest absolute Gasteiger partial charge is 0.0716 e. The molecule has 1 aromatic rings. The first-order valence-corrected chi connectivity index (χ1v) is 7.46. The van der Waals surface area contributed by atoms with E-state index in [-0.39, 0.29) is 0 Å². The SMILES string of the molecule is CC1CCC(CCCOCc2ccccc2)CC1. The van der Waals surface area contributed by atoms with Crippen molar-refractivity contribution in [2.24, 2.45) is 11.8 Å². The minimum Gasteiger partial charge on any atom is -0.377 e. The molecule has 2 rings (SSSR count). The zero-order valence-electron chi connectivity index (χ0n) is 11.6. The summed E-state index contributed by atoms with van der Waals surface area (Å²) in [5, 5.41) is 0. The fourth-order valence-corrected chi connectivity index (χ4v) is 2.86. The lowest BCUT2D eigenvalue weighted by atomic mass is 9.81. The molecule has 1 aliphatic carbocycles. The van der Waals surface area contributed by atoms with Gasteiger partial charge in [-0.25, -0.2) is 0 Å². The van der Waals surface area contributed by atoms with Crippen molar-refractivity contribution >= 4 is 0 Å². The molecule has 1 aromatic carbocycles. The first-order valence-electron chi connectivity index (χ1n) is 7.46. The van der Waals surface area contributed by atoms with Crippen LogP contribution in [-0.2, 0) is 11.3 Å². The van der Waals surface area contributed by atoms with Gasteiger partial charge in [0.15, 0.2) is 0 Å². The number of benzene rings is 1. The van der Waals surface area contributed by atoms with Gasteiger partial charge in [-0.15, -0.1) is 0 Å². The third kappa shape index (κ3) is 4.81. The van der Waals surface area contributed by atoms with Crippen molar-refractivity contribution < 1.29 is 4.74 Å². The summed E-state index contributed by atoms with van der Waals surface area (Å²) in [7, 11) is 0. The van der Waals surface area contributed by atoms with Crippen LogP contribution in [-0.4, -0.2) is 6.61 Å². The van der Waals surface area contributed by atoms with Crippen molar-refractivity contribution in [3.63, 3.8) is 0 Å². The van der Waals surface area contributed by atoms with Gasteiger partial charge in [-0.05, 0) is 30.2 Å². The Morgan fingerprint density at radius 1 is 1.06 bits per heavy atom. The Balaban J connectivity index is 1.51. The molecule has 18 heavy (non-hydrogen) atoms. The molecule has 0 heterocycles. The molecule has 100 valence electrons. The normalized spacial score (nSPS) is 24.1. The molecule has 0 saturated heterocycles. The molecule has 1 nitrogen and oxygen atoms in total. The first kappa shape index (κ1) is 13.6. The molecule has 1 heteroatoms. The first-order chi connectivity index (χ1) is 8.84. The third-order valence-electron chi connectivity index (χ3n) is 4.15. The zero-order valence-corrected chi connectivity index (χ0v) is 11.6. The summed E-state index contributed by atoms with van der Waals surface area (Å²) < 4.78 is 5.73. The van der Waals surface area contributed by atoms with Crippen LogP contribution in [0.5, 0.6) is 0 Å². The van der Waals surface area contributed by atoms with E-state index >= 15 is 0 Å². The molecule has 0 aromatic heterocycles. The lowest BCUT2D eigenvalue weighted by Crippen LogP contribution is -2.12. The Morgan fingerprint density at radius 3 is 2.50 bits per heavy atom. The number of hydrogen-bond donors (Lipinski definition) is 0. The van der Waals surface area contributed by atoms with Gasteiger partial charge in [0, 0.05) is 6.61 Å². The Hall–Kier alpha value is -0.820. The van der Waals surface area contributed by atoms with Crippen LogP contribution < -0.4 is 0 Å². The fourth-order valence-electron chi connectivity index (χ4n) is 2.86. The fraction of sp³-hybridized carbons (Fsp3) is 0.647. The second-order valence-electron chi connectivity index (χ2n) is 5.81. The summed E-state index contributed by atoms with van der Waals surface area (Å²) >= 11 is 0. The van der Waals surface area contributed by atoms with Gasteiger partial charge in [-0.2, -0.15) is 0 Å². The predicted molar refractivity (Wildman–Crippen MR) is 76.5 cm³/mol. The van der Waals surface area contributed by atoms with Crippen LogP contribution in [0, 0.1) is 11.8 Å². The highest BCUT2D eigenvalue weighted by Gasteiger charge is 2.17. The van der Waals surface area contributed by atoms with E-state index in [2.05, 4.69) is 31.2 Å². The molecule has 0 bridgehead atoms. The van der Waals surface area contributed by atoms with Crippen LogP contribution in [0.4, 0.5) is 0 Å². The van der Waals surface area contributed by atoms with Crippen LogP contribution in [0.25, 0.3) is 0 Å². The van der Waals surface area contributed by atoms with Gasteiger partial charge in [-0.3, -0.25) is 0 Å². The summed E-state index contributed by atoms with van der Waals surface area (Å²) in [5.41, 5.74) is 1.28. The second-order valence-corrected chi connectivity index (χ2v) is 5.81. The molecule has 1 fully saturated rings. The standard InChI is InChI=1S/C17H26O/c1-15-9-11-16(12-10-15)8-5-13-18-14-17-6-3-2-4-7-17/h2-4,6-7,15-16H,5,8-14H2,1H3. The van der Waals surface area contributed by atoms with E-state index < -0.39 is 0 Å². The average molecular weight is 246 g/mol. The summed E-state index contributed by atoms with van der Waals surface area (Å²) in [6.07, 6.45) is 8.36. The molecule has 0 aliphatic heterocycles. The van der Waals surface area contributed by atoms with Crippen molar-refractivity contribution in [2.75, 3.05) is 6.61 Å². The van der Waals surface area contributed by atoms with Crippen molar-refractivity contribution in [1.82, 2.24) is 0 Å². The van der Waals surface area contributed by atoms with E-state index in [0.29, 0.717) is 0 Å². The van der Waals surface area contributed by atoms with E-state index in [1.165, 1.54) is 44.1 Å². The quantitative estimate of drug-likeness (QED) is 0.654. The maximum atomic E-state index is 5.73. The second kappa shape index (κ2) is 7.58. The van der Waals surface area contributed by atoms with E-state index in [1.54, 1.807) is 0 Å². The summed E-state index contributed by atoms with van der Waals surface area (Å²) in [6, 6.07) is 10.4. The molecule has 0 amide bonds. The van der Waals surface area contributed by atoms with Gasteiger partial charge in [0.05, 0.1) is 6.61 Å². The number of hydrogen-bond acceptors (Lipinski definition) is 1. The van der Waals surface area contributed by atoms with Gasteiger partial charge in [-0.1, -0.05) is 62.9 Å². The van der Waals surface area contributed by atoms with Crippen LogP contribution in [0.3, 0.4) is 0 Å². The maximum Gasteiger partial charge on any atom is 0.0716 e. The third-order valence-corrected chi connectivity index (χ3v) is 4.15. The Bertz CT molecular complexity index is 312. The summed E-state index contributed by atoms with van der Waals surface area (Å²) in [5.74, 6) is 1.94. The topological polar surface area (TPSA) is 9.23 Å². The molecule has 0 unspecified atom stereocenters. The van der Waals surface area contributed by atoms with Crippen molar-refractivity contribution in [3.8, 4) is 0 Å². The van der Waals surface area contributed by atoms with Crippen LogP contribution >= 0.6 is 0 Å². The predicted octanol–water partition coefficient (Wildman–Crippen LogP) is 4.81. The largest absolute Gasteiger partial charge is 0.377 e. The Morgan fingerprint density at radius 2 is 1.78 bits per heavy atom. The minimum absolute atomic E-state index is 0.766. The number of rotatable bonds is 6. The average Bonchev–Trinajstić information content (AvgIpc) is 2.42. The highest BCUT2D eigenvalue weighted by atomic mass is 16.5. The highest BCUT2D eigenvalue weighted by Crippen LogP contribution is 2.30. The van der Waals surface area contributed by atoms with Gasteiger partial charge in [0.1, 0.15) is 0 Å². The van der Waals surface area contributed by atoms with E-state index in [9.17, 15) is 0 Å². The van der Waals surface area contributed by atoms with E-state index in [4.69, 9.17) is 4.74 Å². The summed E-state index contributed by atoms with van der Waals surface area (Å²) in [4.78, 5) is 0. The van der Waals surface area contributed by atoms with Crippen molar-refractivity contribution in [2.45, 2.75) is 52.1 Å². The molecule has 1 aliphatic rings. The Labute approximate surface area is 112 Å². The lowest BCUT2D eigenvalue weighted by Gasteiger charge is -2.25. The molecule has 0 radical (unpaired) electrons. The van der Waals surface area contributed by atoms with E-state index in [0.717, 1.165) is 25.0 Å². The van der Waals surface area contributed by atoms with Gasteiger partial charge < -0.3 is 4.74 Å². The summed E-state index contributed by atoms with van der Waals surface area (Å²) in [6.45, 7) is 4.07. The molecule has 0 N–H and O–H groups in total. The molecule has 1 saturated carbocycles. The lowest BCUT2D eigenvalue weighted by molar-refractivity contribution is 0.111. The number of ether oxygens (including phenoxy) is 1. The van der Waals surface area contributed by atoms with Crippen LogP contribution in [0.15, 0.2) is 30.3 Å². The van der Waals surface area contributed by atoms with Crippen LogP contribution in [0.2, 0.25) is 0 Å². The van der Waals surface area contributed by atoms with Gasteiger partial charge in [0.2, 0.25) is 0 Å². The highest BCUT2D eigenvalue weighted by molar-refractivity contribution is 5.13. The minimum atomic E-state index is 0.766. The van der Waals surface area contributed by atoms with Gasteiger partial charge in [0.25, 0.3) is 0 Å². The Kier molecular flexibility index (Phi) is 5.73. The monoisotopic (exact) mass is 246 g/mol. The molecular formula is C17H26O. The zero-order chi connectivity index (χ0) is 12.6. The van der Waals surface area contributed by atoms with E-state index in [1.807, 2.05) is 6.07 Å². The van der Waals surface area contributed by atoms with Gasteiger partial charge >= 0.3 is 0 Å². The molecule has 0 spiro atoms. The molecule has 0 atom stereocenters. The van der Waals surface area contributed by atoms with Crippen molar-refractivity contribution in [3.05, 3.63) is 35.9 Å². The van der Waals surface area contributed by atoms with Crippen molar-refractivity contribution in [1.29, 1.82) is 0 Å². The molecular weight excluding hydrogens is 220 g/mol. The maximum absolute atomic E-state index is 5.73.